The lowest BCUT2D eigenvalue weighted by Gasteiger charge is -2.30. The molecule has 0 aliphatic carbocycles. The molecule has 0 radical (unpaired) electrons. The maximum absolute atomic E-state index is 12.9. The molecular weight excluding hydrogens is 388 g/mol. The molecule has 0 unspecified atom stereocenters. The number of aromatic nitrogens is 1. The molecule has 2 aromatic rings. The van der Waals surface area contributed by atoms with Gasteiger partial charge in [0.25, 0.3) is 5.91 Å². The standard InChI is InChI=1S/C17H22N4O4S2/c1-12-11-26-17(18-12)19-16(22)14-10-13(27(23,24)20(2)3)4-5-15(14)21-6-8-25-9-7-21/h4-5,10-11H,6-9H2,1-3H3,(H,18,19,22). The largest absolute Gasteiger partial charge is 0.378 e. The minimum absolute atomic E-state index is 0.0741. The van der Waals surface area contributed by atoms with E-state index in [0.717, 1.165) is 10.00 Å². The number of nitrogens with zero attached hydrogens (tertiary/aromatic N) is 3. The van der Waals surface area contributed by atoms with Crippen LogP contribution in [0, 0.1) is 6.92 Å². The third-order valence-electron chi connectivity index (χ3n) is 4.18. The molecular formula is C17H22N4O4S2. The second kappa shape index (κ2) is 7.93. The molecule has 27 heavy (non-hydrogen) atoms. The van der Waals surface area contributed by atoms with E-state index in [9.17, 15) is 13.2 Å². The average molecular weight is 411 g/mol. The fraction of sp³-hybridized carbons (Fsp3) is 0.412. The van der Waals surface area contributed by atoms with Gasteiger partial charge in [0.15, 0.2) is 5.13 Å². The van der Waals surface area contributed by atoms with Crippen molar-refractivity contribution in [1.29, 1.82) is 0 Å². The first kappa shape index (κ1) is 19.7. The highest BCUT2D eigenvalue weighted by Crippen LogP contribution is 2.27. The van der Waals surface area contributed by atoms with Gasteiger partial charge in [-0.3, -0.25) is 10.1 Å². The molecule has 2 heterocycles. The first-order chi connectivity index (χ1) is 12.8. The summed E-state index contributed by atoms with van der Waals surface area (Å²) in [4.78, 5) is 19.3. The van der Waals surface area contributed by atoms with Gasteiger partial charge >= 0.3 is 0 Å². The Morgan fingerprint density at radius 2 is 2.00 bits per heavy atom. The number of hydrogen-bond donors (Lipinski definition) is 1. The van der Waals surface area contributed by atoms with Crippen LogP contribution in [0.4, 0.5) is 10.8 Å². The number of anilines is 2. The van der Waals surface area contributed by atoms with Gasteiger partial charge < -0.3 is 9.64 Å². The summed E-state index contributed by atoms with van der Waals surface area (Å²) in [5, 5.41) is 5.09. The van der Waals surface area contributed by atoms with E-state index in [1.165, 1.54) is 37.6 Å². The second-order valence-corrected chi connectivity index (χ2v) is 9.32. The van der Waals surface area contributed by atoms with Crippen molar-refractivity contribution in [2.24, 2.45) is 0 Å². The number of amides is 1. The Kier molecular flexibility index (Phi) is 5.80. The minimum Gasteiger partial charge on any atom is -0.378 e. The maximum atomic E-state index is 12.9. The maximum Gasteiger partial charge on any atom is 0.259 e. The van der Waals surface area contributed by atoms with Crippen molar-refractivity contribution in [2.45, 2.75) is 11.8 Å². The van der Waals surface area contributed by atoms with Crippen LogP contribution in [-0.4, -0.2) is 64.0 Å². The van der Waals surface area contributed by atoms with E-state index in [-0.39, 0.29) is 10.8 Å². The van der Waals surface area contributed by atoms with Crippen LogP contribution >= 0.6 is 11.3 Å². The van der Waals surface area contributed by atoms with Crippen LogP contribution in [0.15, 0.2) is 28.5 Å². The molecule has 146 valence electrons. The summed E-state index contributed by atoms with van der Waals surface area (Å²) in [6, 6.07) is 4.64. The molecule has 1 amide bonds. The molecule has 0 spiro atoms. The third-order valence-corrected chi connectivity index (χ3v) is 6.87. The van der Waals surface area contributed by atoms with E-state index < -0.39 is 10.0 Å². The summed E-state index contributed by atoms with van der Waals surface area (Å²) in [5.41, 5.74) is 1.79. The summed E-state index contributed by atoms with van der Waals surface area (Å²) >= 11 is 1.33. The highest BCUT2D eigenvalue weighted by molar-refractivity contribution is 7.89. The fourth-order valence-electron chi connectivity index (χ4n) is 2.72. The van der Waals surface area contributed by atoms with Gasteiger partial charge in [0, 0.05) is 38.3 Å². The zero-order valence-corrected chi connectivity index (χ0v) is 17.1. The Balaban J connectivity index is 2.01. The quantitative estimate of drug-likeness (QED) is 0.808. The van der Waals surface area contributed by atoms with Gasteiger partial charge in [-0.1, -0.05) is 0 Å². The molecule has 3 rings (SSSR count). The van der Waals surface area contributed by atoms with E-state index in [2.05, 4.69) is 10.3 Å². The van der Waals surface area contributed by atoms with E-state index in [4.69, 9.17) is 4.74 Å². The molecule has 8 nitrogen and oxygen atoms in total. The van der Waals surface area contributed by atoms with E-state index in [1.807, 2.05) is 17.2 Å². The molecule has 1 aliphatic heterocycles. The molecule has 1 aliphatic rings. The van der Waals surface area contributed by atoms with Gasteiger partial charge in [0.05, 0.1) is 29.4 Å². The lowest BCUT2D eigenvalue weighted by atomic mass is 10.1. The summed E-state index contributed by atoms with van der Waals surface area (Å²) in [7, 11) is -0.729. The van der Waals surface area contributed by atoms with Crippen molar-refractivity contribution in [3.63, 3.8) is 0 Å². The number of thiazole rings is 1. The first-order valence-corrected chi connectivity index (χ1v) is 10.7. The van der Waals surface area contributed by atoms with Crippen LogP contribution in [0.1, 0.15) is 16.1 Å². The van der Waals surface area contributed by atoms with Crippen molar-refractivity contribution >= 4 is 38.1 Å². The monoisotopic (exact) mass is 410 g/mol. The average Bonchev–Trinajstić information content (AvgIpc) is 3.06. The Bertz CT molecular complexity index is 934. The number of aryl methyl sites for hydroxylation is 1. The van der Waals surface area contributed by atoms with Crippen molar-refractivity contribution in [2.75, 3.05) is 50.6 Å². The molecule has 1 fully saturated rings. The van der Waals surface area contributed by atoms with Crippen molar-refractivity contribution in [1.82, 2.24) is 9.29 Å². The lowest BCUT2D eigenvalue weighted by molar-refractivity contribution is 0.102. The van der Waals surface area contributed by atoms with E-state index in [1.54, 1.807) is 6.07 Å². The summed E-state index contributed by atoms with van der Waals surface area (Å²) in [6.07, 6.45) is 0. The highest BCUT2D eigenvalue weighted by Gasteiger charge is 2.24. The van der Waals surface area contributed by atoms with Crippen LogP contribution in [-0.2, 0) is 14.8 Å². The molecule has 1 saturated heterocycles. The van der Waals surface area contributed by atoms with E-state index >= 15 is 0 Å². The Hall–Kier alpha value is -2.01. The summed E-state index contributed by atoms with van der Waals surface area (Å²) < 4.78 is 31.5. The SMILES string of the molecule is Cc1csc(NC(=O)c2cc(S(=O)(=O)N(C)C)ccc2N2CCOCC2)n1. The third kappa shape index (κ3) is 4.29. The topological polar surface area (TPSA) is 91.8 Å². The predicted molar refractivity (Wildman–Crippen MR) is 105 cm³/mol. The van der Waals surface area contributed by atoms with Crippen molar-refractivity contribution in [3.05, 3.63) is 34.8 Å². The number of carbonyl (C=O) groups is 1. The number of rotatable bonds is 5. The molecule has 1 aromatic carbocycles. The van der Waals surface area contributed by atoms with Crippen molar-refractivity contribution < 1.29 is 17.9 Å². The van der Waals surface area contributed by atoms with Crippen LogP contribution in [0.25, 0.3) is 0 Å². The molecule has 1 aromatic heterocycles. The summed E-state index contributed by atoms with van der Waals surface area (Å²) in [6.45, 7) is 4.23. The Labute approximate surface area is 162 Å². The molecule has 0 atom stereocenters. The Morgan fingerprint density at radius 1 is 1.30 bits per heavy atom. The van der Waals surface area contributed by atoms with Gasteiger partial charge in [-0.05, 0) is 25.1 Å². The minimum atomic E-state index is -3.65. The van der Waals surface area contributed by atoms with Gasteiger partial charge in [0.2, 0.25) is 10.0 Å². The van der Waals surface area contributed by atoms with Gasteiger partial charge in [0.1, 0.15) is 0 Å². The number of ether oxygens (including phenoxy) is 1. The molecule has 0 bridgehead atoms. The molecule has 0 saturated carbocycles. The number of morpholine rings is 1. The van der Waals surface area contributed by atoms with Crippen LogP contribution in [0.2, 0.25) is 0 Å². The number of benzene rings is 1. The van der Waals surface area contributed by atoms with Crippen LogP contribution < -0.4 is 10.2 Å². The first-order valence-electron chi connectivity index (χ1n) is 8.42. The van der Waals surface area contributed by atoms with Gasteiger partial charge in [-0.2, -0.15) is 0 Å². The Morgan fingerprint density at radius 3 is 2.59 bits per heavy atom. The van der Waals surface area contributed by atoms with Gasteiger partial charge in [-0.15, -0.1) is 11.3 Å². The lowest BCUT2D eigenvalue weighted by Crippen LogP contribution is -2.37. The number of sulfonamides is 1. The normalized spacial score (nSPS) is 15.2. The second-order valence-electron chi connectivity index (χ2n) is 6.31. The zero-order valence-electron chi connectivity index (χ0n) is 15.4. The molecule has 1 N–H and O–H groups in total. The summed E-state index contributed by atoms with van der Waals surface area (Å²) in [5.74, 6) is -0.387. The smallest absolute Gasteiger partial charge is 0.259 e. The van der Waals surface area contributed by atoms with Crippen LogP contribution in [0.5, 0.6) is 0 Å². The van der Waals surface area contributed by atoms with E-state index in [0.29, 0.717) is 42.7 Å². The predicted octanol–water partition coefficient (Wildman–Crippen LogP) is 1.79. The fourth-order valence-corrected chi connectivity index (χ4v) is 4.34. The van der Waals surface area contributed by atoms with Gasteiger partial charge in [-0.25, -0.2) is 17.7 Å². The zero-order chi connectivity index (χ0) is 19.6. The van der Waals surface area contributed by atoms with Crippen LogP contribution in [0.3, 0.4) is 0 Å². The number of nitrogens with one attached hydrogen (secondary N) is 1. The number of hydrogen-bond acceptors (Lipinski definition) is 7. The number of carbonyl (C=O) groups excluding carboxylic acids is 1. The highest BCUT2D eigenvalue weighted by atomic mass is 32.2. The van der Waals surface area contributed by atoms with Crippen molar-refractivity contribution in [3.8, 4) is 0 Å². The molecule has 10 heteroatoms.